The Kier molecular flexibility index (Phi) is 5.52. The summed E-state index contributed by atoms with van der Waals surface area (Å²) in [6, 6.07) is 9.17. The maximum absolute atomic E-state index is 12.3. The lowest BCUT2D eigenvalue weighted by Crippen LogP contribution is -2.45. The summed E-state index contributed by atoms with van der Waals surface area (Å²) >= 11 is 0. The van der Waals surface area contributed by atoms with Crippen molar-refractivity contribution in [2.24, 2.45) is 5.92 Å². The van der Waals surface area contributed by atoms with E-state index in [1.54, 1.807) is 0 Å². The average Bonchev–Trinajstić information content (AvgIpc) is 2.94. The van der Waals surface area contributed by atoms with Crippen LogP contribution in [0.25, 0.3) is 0 Å². The number of likely N-dealkylation sites (N-methyl/N-ethyl adjacent to an activating group) is 1. The number of aliphatic hydroxyl groups is 1. The molecular weight excluding hydrogens is 256 g/mol. The predicted octanol–water partition coefficient (Wildman–Crippen LogP) is 0.461. The van der Waals surface area contributed by atoms with Gasteiger partial charge in [-0.2, -0.15) is 0 Å². The number of carbonyl (C=O) groups is 1. The van der Waals surface area contributed by atoms with Gasteiger partial charge in [-0.1, -0.05) is 37.3 Å². The van der Waals surface area contributed by atoms with Crippen molar-refractivity contribution in [3.8, 4) is 0 Å². The molecule has 0 saturated carbocycles. The van der Waals surface area contributed by atoms with Crippen molar-refractivity contribution >= 4 is 5.91 Å². The van der Waals surface area contributed by atoms with Gasteiger partial charge in [-0.05, 0) is 12.1 Å². The number of hydrogen-bond acceptors (Lipinski definition) is 4. The first-order valence-electron chi connectivity index (χ1n) is 7.03. The topological polar surface area (TPSA) is 70.6 Å². The smallest absolute Gasteiger partial charge is 0.227 e. The number of hydrogen-bond donors (Lipinski definition) is 3. The quantitative estimate of drug-likeness (QED) is 0.707. The molecule has 1 aromatic rings. The number of amides is 1. The molecule has 1 heterocycles. The fraction of sp³-hybridized carbons (Fsp3) is 0.533. The van der Waals surface area contributed by atoms with Crippen molar-refractivity contribution in [2.75, 3.05) is 26.4 Å². The van der Waals surface area contributed by atoms with Crippen molar-refractivity contribution < 1.29 is 14.6 Å². The van der Waals surface area contributed by atoms with Gasteiger partial charge in [0.15, 0.2) is 0 Å². The highest BCUT2D eigenvalue weighted by molar-refractivity contribution is 5.80. The highest BCUT2D eigenvalue weighted by Crippen LogP contribution is 2.17. The Morgan fingerprint density at radius 2 is 2.15 bits per heavy atom. The lowest BCUT2D eigenvalue weighted by atomic mass is 10.0. The van der Waals surface area contributed by atoms with Crippen molar-refractivity contribution in [1.82, 2.24) is 10.6 Å². The van der Waals surface area contributed by atoms with Gasteiger partial charge < -0.3 is 20.5 Å². The molecule has 1 saturated heterocycles. The Balaban J connectivity index is 1.99. The van der Waals surface area contributed by atoms with Crippen LogP contribution >= 0.6 is 0 Å². The molecule has 1 fully saturated rings. The Bertz CT molecular complexity index is 424. The fourth-order valence-corrected chi connectivity index (χ4v) is 2.47. The van der Waals surface area contributed by atoms with Crippen LogP contribution in [0.5, 0.6) is 0 Å². The maximum Gasteiger partial charge on any atom is 0.227 e. The van der Waals surface area contributed by atoms with Crippen LogP contribution in [-0.2, 0) is 9.53 Å². The van der Waals surface area contributed by atoms with Crippen LogP contribution in [0.3, 0.4) is 0 Å². The average molecular weight is 278 g/mol. The molecular formula is C15H22N2O3. The molecule has 0 aliphatic carbocycles. The molecule has 5 nitrogen and oxygen atoms in total. The van der Waals surface area contributed by atoms with Gasteiger partial charge in [0.25, 0.3) is 0 Å². The number of ether oxygens (including phenoxy) is 1. The van der Waals surface area contributed by atoms with E-state index in [9.17, 15) is 9.90 Å². The minimum atomic E-state index is -0.369. The molecule has 3 atom stereocenters. The van der Waals surface area contributed by atoms with E-state index in [1.807, 2.05) is 37.3 Å². The van der Waals surface area contributed by atoms with Crippen LogP contribution in [0.1, 0.15) is 18.5 Å². The van der Waals surface area contributed by atoms with E-state index in [2.05, 4.69) is 10.6 Å². The Morgan fingerprint density at radius 3 is 2.80 bits per heavy atom. The molecule has 0 aromatic heterocycles. The molecule has 2 unspecified atom stereocenters. The Labute approximate surface area is 119 Å². The van der Waals surface area contributed by atoms with Crippen LogP contribution in [-0.4, -0.2) is 43.4 Å². The van der Waals surface area contributed by atoms with E-state index in [4.69, 9.17) is 4.74 Å². The van der Waals surface area contributed by atoms with E-state index >= 15 is 0 Å². The largest absolute Gasteiger partial charge is 0.394 e. The Morgan fingerprint density at radius 1 is 1.40 bits per heavy atom. The second-order valence-electron chi connectivity index (χ2n) is 4.96. The number of benzene rings is 1. The zero-order valence-electron chi connectivity index (χ0n) is 11.7. The van der Waals surface area contributed by atoms with Gasteiger partial charge in [-0.15, -0.1) is 0 Å². The van der Waals surface area contributed by atoms with Crippen molar-refractivity contribution in [2.45, 2.75) is 19.0 Å². The van der Waals surface area contributed by atoms with Gasteiger partial charge >= 0.3 is 0 Å². The minimum absolute atomic E-state index is 0.0510. The standard InChI is InChI=1S/C15H22N2O3/c1-2-16-14-10-20-9-12(14)15(19)17-13(8-18)11-6-4-3-5-7-11/h3-7,12-14,16,18H,2,8-10H2,1H3,(H,17,19)/t12?,13-,14?/m1/s1. The SMILES string of the molecule is CCNC1COCC1C(=O)N[C@H](CO)c1ccccc1. The van der Waals surface area contributed by atoms with E-state index < -0.39 is 0 Å². The van der Waals surface area contributed by atoms with Crippen molar-refractivity contribution in [3.05, 3.63) is 35.9 Å². The number of nitrogens with one attached hydrogen (secondary N) is 2. The second kappa shape index (κ2) is 7.38. The van der Waals surface area contributed by atoms with Crippen molar-refractivity contribution in [1.29, 1.82) is 0 Å². The van der Waals surface area contributed by atoms with Crippen LogP contribution in [0.2, 0.25) is 0 Å². The third-order valence-corrected chi connectivity index (χ3v) is 3.58. The highest BCUT2D eigenvalue weighted by Gasteiger charge is 2.34. The molecule has 0 radical (unpaired) electrons. The van der Waals surface area contributed by atoms with Crippen molar-refractivity contribution in [3.63, 3.8) is 0 Å². The van der Waals surface area contributed by atoms with Crippen LogP contribution in [0.15, 0.2) is 30.3 Å². The van der Waals surface area contributed by atoms with E-state index in [0.29, 0.717) is 13.2 Å². The molecule has 0 spiro atoms. The first-order valence-corrected chi connectivity index (χ1v) is 7.03. The fourth-order valence-electron chi connectivity index (χ4n) is 2.47. The molecule has 110 valence electrons. The van der Waals surface area contributed by atoms with Gasteiger partial charge in [-0.3, -0.25) is 4.79 Å². The first kappa shape index (κ1) is 15.0. The summed E-state index contributed by atoms with van der Waals surface area (Å²) in [7, 11) is 0. The monoisotopic (exact) mass is 278 g/mol. The molecule has 20 heavy (non-hydrogen) atoms. The molecule has 0 bridgehead atoms. The van der Waals surface area contributed by atoms with E-state index in [-0.39, 0.29) is 30.5 Å². The molecule has 1 amide bonds. The van der Waals surface area contributed by atoms with Gasteiger partial charge in [0, 0.05) is 6.04 Å². The van der Waals surface area contributed by atoms with Gasteiger partial charge in [-0.25, -0.2) is 0 Å². The molecule has 3 N–H and O–H groups in total. The molecule has 2 rings (SSSR count). The predicted molar refractivity (Wildman–Crippen MR) is 76.2 cm³/mol. The van der Waals surface area contributed by atoms with Gasteiger partial charge in [0.2, 0.25) is 5.91 Å². The Hall–Kier alpha value is -1.43. The molecule has 1 aliphatic heterocycles. The third kappa shape index (κ3) is 3.56. The zero-order valence-corrected chi connectivity index (χ0v) is 11.7. The lowest BCUT2D eigenvalue weighted by Gasteiger charge is -2.22. The van der Waals surface area contributed by atoms with Crippen LogP contribution < -0.4 is 10.6 Å². The summed E-state index contributed by atoms with van der Waals surface area (Å²) in [4.78, 5) is 12.3. The zero-order chi connectivity index (χ0) is 14.4. The van der Waals surface area contributed by atoms with Gasteiger partial charge in [0.1, 0.15) is 0 Å². The summed E-state index contributed by atoms with van der Waals surface area (Å²) in [6.45, 7) is 3.68. The van der Waals surface area contributed by atoms with Crippen LogP contribution in [0, 0.1) is 5.92 Å². The summed E-state index contributed by atoms with van der Waals surface area (Å²) in [6.07, 6.45) is 0. The first-order chi connectivity index (χ1) is 9.76. The van der Waals surface area contributed by atoms with Crippen LogP contribution in [0.4, 0.5) is 0 Å². The van der Waals surface area contributed by atoms with Gasteiger partial charge in [0.05, 0.1) is 31.8 Å². The van der Waals surface area contributed by atoms with E-state index in [0.717, 1.165) is 12.1 Å². The summed E-state index contributed by atoms with van der Waals surface area (Å²) in [5, 5.41) is 15.6. The maximum atomic E-state index is 12.3. The molecule has 1 aliphatic rings. The highest BCUT2D eigenvalue weighted by atomic mass is 16.5. The number of aliphatic hydroxyl groups excluding tert-OH is 1. The lowest BCUT2D eigenvalue weighted by molar-refractivity contribution is -0.126. The summed E-state index contributed by atoms with van der Waals surface area (Å²) in [5.41, 5.74) is 0.905. The second-order valence-corrected chi connectivity index (χ2v) is 4.96. The normalized spacial score (nSPS) is 23.5. The summed E-state index contributed by atoms with van der Waals surface area (Å²) in [5.74, 6) is -0.274. The number of rotatable bonds is 6. The third-order valence-electron chi connectivity index (χ3n) is 3.58. The summed E-state index contributed by atoms with van der Waals surface area (Å²) < 4.78 is 5.38. The minimum Gasteiger partial charge on any atom is -0.394 e. The van der Waals surface area contributed by atoms with E-state index in [1.165, 1.54) is 0 Å². The molecule has 5 heteroatoms. The molecule has 1 aromatic carbocycles. The number of carbonyl (C=O) groups excluding carboxylic acids is 1.